The minimum atomic E-state index is -0.634. The summed E-state index contributed by atoms with van der Waals surface area (Å²) in [6.07, 6.45) is 1.94. The molecule has 1 aliphatic rings. The van der Waals surface area contributed by atoms with E-state index < -0.39 is 5.91 Å². The smallest absolute Gasteiger partial charge is 0.271 e. The van der Waals surface area contributed by atoms with Gasteiger partial charge in [-0.05, 0) is 48.7 Å². The molecular weight excluding hydrogens is 430 g/mol. The van der Waals surface area contributed by atoms with E-state index in [9.17, 15) is 14.4 Å². The molecule has 0 fully saturated rings. The summed E-state index contributed by atoms with van der Waals surface area (Å²) >= 11 is 0. The van der Waals surface area contributed by atoms with Crippen LogP contribution in [0.5, 0.6) is 0 Å². The number of nitrogens with one attached hydrogen (secondary N) is 1. The fourth-order valence-corrected chi connectivity index (χ4v) is 4.22. The van der Waals surface area contributed by atoms with Crippen LogP contribution in [0.1, 0.15) is 29.8 Å². The second kappa shape index (κ2) is 8.97. The van der Waals surface area contributed by atoms with Gasteiger partial charge in [0.2, 0.25) is 0 Å². The first-order valence-corrected chi connectivity index (χ1v) is 11.1. The highest BCUT2D eigenvalue weighted by molar-refractivity contribution is 6.08. The zero-order chi connectivity index (χ0) is 24.6. The molecule has 1 aliphatic heterocycles. The van der Waals surface area contributed by atoms with E-state index in [0.29, 0.717) is 18.7 Å². The van der Waals surface area contributed by atoms with Crippen LogP contribution < -0.4 is 5.32 Å². The predicted molar refractivity (Wildman–Crippen MR) is 130 cm³/mol. The van der Waals surface area contributed by atoms with Crippen molar-refractivity contribution in [3.8, 4) is 11.1 Å². The molecule has 3 amide bonds. The largest absolute Gasteiger partial charge is 0.338 e. The molecule has 2 heterocycles. The zero-order valence-corrected chi connectivity index (χ0v) is 19.6. The van der Waals surface area contributed by atoms with Crippen molar-refractivity contribution >= 4 is 28.6 Å². The number of rotatable bonds is 7. The maximum absolute atomic E-state index is 13.1. The van der Waals surface area contributed by atoms with Crippen LogP contribution in [0.3, 0.4) is 0 Å². The third-order valence-electron chi connectivity index (χ3n) is 6.06. The Balaban J connectivity index is 1.56. The predicted octanol–water partition coefficient (Wildman–Crippen LogP) is 3.21. The number of fused-ring (bicyclic) bond motifs is 2. The first-order chi connectivity index (χ1) is 16.2. The van der Waals surface area contributed by atoms with Gasteiger partial charge >= 0.3 is 0 Å². The van der Waals surface area contributed by atoms with E-state index in [1.165, 1.54) is 4.90 Å². The molecule has 1 aromatic heterocycles. The summed E-state index contributed by atoms with van der Waals surface area (Å²) in [7, 11) is 1.87. The average Bonchev–Trinajstić information content (AvgIpc) is 3.37. The summed E-state index contributed by atoms with van der Waals surface area (Å²) < 4.78 is 1.76. The van der Waals surface area contributed by atoms with Crippen LogP contribution in [0.2, 0.25) is 0 Å². The van der Waals surface area contributed by atoms with E-state index >= 15 is 0 Å². The Morgan fingerprint density at radius 3 is 2.53 bits per heavy atom. The highest BCUT2D eigenvalue weighted by Crippen LogP contribution is 2.35. The number of carbonyl (C=O) groups is 3. The number of amides is 3. The molecule has 0 bridgehead atoms. The molecule has 34 heavy (non-hydrogen) atoms. The van der Waals surface area contributed by atoms with E-state index in [1.807, 2.05) is 57.4 Å². The van der Waals surface area contributed by atoms with Gasteiger partial charge in [0.05, 0.1) is 17.8 Å². The van der Waals surface area contributed by atoms with Crippen molar-refractivity contribution in [2.75, 3.05) is 13.1 Å². The highest BCUT2D eigenvalue weighted by Gasteiger charge is 2.33. The summed E-state index contributed by atoms with van der Waals surface area (Å²) in [6, 6.07) is 11.5. The van der Waals surface area contributed by atoms with Crippen molar-refractivity contribution in [3.63, 3.8) is 0 Å². The zero-order valence-electron chi connectivity index (χ0n) is 19.6. The average molecular weight is 458 g/mol. The molecule has 8 heteroatoms. The van der Waals surface area contributed by atoms with E-state index in [-0.39, 0.29) is 29.8 Å². The highest BCUT2D eigenvalue weighted by atomic mass is 16.2. The first kappa shape index (κ1) is 23.0. The van der Waals surface area contributed by atoms with Crippen molar-refractivity contribution in [2.24, 2.45) is 7.05 Å². The number of benzene rings is 2. The van der Waals surface area contributed by atoms with Crippen molar-refractivity contribution in [2.45, 2.75) is 20.4 Å². The number of carbonyl (C=O) groups excluding carboxylic acids is 3. The van der Waals surface area contributed by atoms with E-state index in [2.05, 4.69) is 23.6 Å². The molecule has 3 aromatic rings. The molecule has 2 aromatic carbocycles. The summed E-state index contributed by atoms with van der Waals surface area (Å²) in [5.74, 6) is -1.31. The summed E-state index contributed by atoms with van der Waals surface area (Å²) in [4.78, 5) is 41.2. The van der Waals surface area contributed by atoms with Crippen molar-refractivity contribution in [3.05, 3.63) is 78.3 Å². The van der Waals surface area contributed by atoms with Gasteiger partial charge in [0, 0.05) is 37.3 Å². The lowest BCUT2D eigenvalue weighted by atomic mass is 9.96. The van der Waals surface area contributed by atoms with Gasteiger partial charge in [-0.2, -0.15) is 5.10 Å². The topological polar surface area (TPSA) is 87.5 Å². The van der Waals surface area contributed by atoms with Crippen LogP contribution in [0.15, 0.2) is 67.1 Å². The summed E-state index contributed by atoms with van der Waals surface area (Å²) in [6.45, 7) is 12.4. The van der Waals surface area contributed by atoms with Gasteiger partial charge in [-0.3, -0.25) is 24.0 Å². The SMILES string of the molecule is C=C(NC(=O)C(=C)N1Cc2c(cccc2-c2ccc3nn(C)cc3c2)C1=O)C(=O)N(CC)CC. The molecule has 4 rings (SSSR count). The maximum atomic E-state index is 13.1. The van der Waals surface area contributed by atoms with Crippen molar-refractivity contribution < 1.29 is 14.4 Å². The Bertz CT molecular complexity index is 1350. The van der Waals surface area contributed by atoms with Crippen molar-refractivity contribution in [1.82, 2.24) is 24.9 Å². The second-order valence-electron chi connectivity index (χ2n) is 8.16. The minimum Gasteiger partial charge on any atom is -0.338 e. The lowest BCUT2D eigenvalue weighted by Crippen LogP contribution is -2.40. The lowest BCUT2D eigenvalue weighted by Gasteiger charge is -2.22. The normalized spacial score (nSPS) is 12.6. The monoisotopic (exact) mass is 457 g/mol. The summed E-state index contributed by atoms with van der Waals surface area (Å²) in [5.41, 5.74) is 4.01. The molecule has 0 saturated carbocycles. The number of nitrogens with zero attached hydrogens (tertiary/aromatic N) is 4. The molecule has 0 spiro atoms. The van der Waals surface area contributed by atoms with Gasteiger partial charge in [-0.15, -0.1) is 0 Å². The van der Waals surface area contributed by atoms with Gasteiger partial charge in [0.25, 0.3) is 17.7 Å². The fraction of sp³-hybridized carbons (Fsp3) is 0.231. The summed E-state index contributed by atoms with van der Waals surface area (Å²) in [5, 5.41) is 7.90. The van der Waals surface area contributed by atoms with Gasteiger partial charge < -0.3 is 10.2 Å². The molecule has 0 aliphatic carbocycles. The maximum Gasteiger partial charge on any atom is 0.271 e. The van der Waals surface area contributed by atoms with Gasteiger partial charge in [0.15, 0.2) is 0 Å². The Kier molecular flexibility index (Phi) is 6.06. The molecule has 1 N–H and O–H groups in total. The molecule has 0 radical (unpaired) electrons. The first-order valence-electron chi connectivity index (χ1n) is 11.1. The number of likely N-dealkylation sites (N-methyl/N-ethyl adjacent to an activating group) is 1. The molecule has 0 atom stereocenters. The van der Waals surface area contributed by atoms with E-state index in [0.717, 1.165) is 27.6 Å². The van der Waals surface area contributed by atoms with Crippen LogP contribution in [0, 0.1) is 0 Å². The van der Waals surface area contributed by atoms with E-state index in [1.54, 1.807) is 15.6 Å². The number of hydrogen-bond acceptors (Lipinski definition) is 4. The number of aromatic nitrogens is 2. The number of hydrogen-bond donors (Lipinski definition) is 1. The fourth-order valence-electron chi connectivity index (χ4n) is 4.22. The molecule has 174 valence electrons. The Morgan fingerprint density at radius 1 is 1.12 bits per heavy atom. The van der Waals surface area contributed by atoms with Crippen LogP contribution in [-0.4, -0.2) is 50.4 Å². The van der Waals surface area contributed by atoms with E-state index in [4.69, 9.17) is 0 Å². The Hall–Kier alpha value is -4.20. The van der Waals surface area contributed by atoms with Gasteiger partial charge in [-0.1, -0.05) is 31.4 Å². The van der Waals surface area contributed by atoms with Crippen LogP contribution in [-0.2, 0) is 23.2 Å². The molecule has 0 saturated heterocycles. The molecule has 0 unspecified atom stereocenters. The van der Waals surface area contributed by atoms with Crippen LogP contribution in [0.4, 0.5) is 0 Å². The van der Waals surface area contributed by atoms with Gasteiger partial charge in [0.1, 0.15) is 5.70 Å². The standard InChI is InChI=1S/C26H27N5O3/c1-6-30(7-2)25(33)16(3)27-24(32)17(4)31-15-22-20(9-8-10-21(22)26(31)34)18-11-12-23-19(13-18)14-29(5)28-23/h8-14H,3-4,6-7,15H2,1-2,5H3,(H,27,32). The Labute approximate surface area is 198 Å². The number of aryl methyl sites for hydroxylation is 1. The third kappa shape index (κ3) is 3.98. The second-order valence-corrected chi connectivity index (χ2v) is 8.16. The quantitative estimate of drug-likeness (QED) is 0.552. The van der Waals surface area contributed by atoms with Crippen LogP contribution in [0.25, 0.3) is 22.0 Å². The molecule has 8 nitrogen and oxygen atoms in total. The van der Waals surface area contributed by atoms with Crippen LogP contribution >= 0.6 is 0 Å². The lowest BCUT2D eigenvalue weighted by molar-refractivity contribution is -0.129. The third-order valence-corrected chi connectivity index (χ3v) is 6.06. The Morgan fingerprint density at radius 2 is 1.82 bits per heavy atom. The van der Waals surface area contributed by atoms with Crippen molar-refractivity contribution in [1.29, 1.82) is 0 Å². The van der Waals surface area contributed by atoms with Gasteiger partial charge in [-0.25, -0.2) is 0 Å². The minimum absolute atomic E-state index is 0.0386. The molecular formula is C26H27N5O3.